The Morgan fingerprint density at radius 2 is 2.00 bits per heavy atom. The van der Waals surface area contributed by atoms with Crippen molar-refractivity contribution in [3.63, 3.8) is 0 Å². The van der Waals surface area contributed by atoms with E-state index in [0.29, 0.717) is 5.69 Å². The summed E-state index contributed by atoms with van der Waals surface area (Å²) in [7, 11) is 3.13. The Bertz CT molecular complexity index is 621. The maximum absolute atomic E-state index is 12.2. The smallest absolute Gasteiger partial charge is 0.339 e. The van der Waals surface area contributed by atoms with Crippen molar-refractivity contribution in [1.29, 1.82) is 0 Å². The number of ether oxygens (including phenoxy) is 1. The molecule has 3 amide bonds. The van der Waals surface area contributed by atoms with Crippen LogP contribution in [-0.2, 0) is 9.53 Å². The fourth-order valence-electron chi connectivity index (χ4n) is 1.89. The van der Waals surface area contributed by atoms with Crippen LogP contribution in [0.5, 0.6) is 0 Å². The fourth-order valence-corrected chi connectivity index (χ4v) is 2.08. The molecule has 2 N–H and O–H groups in total. The molecule has 1 atom stereocenters. The molecule has 0 fully saturated rings. The second-order valence-electron chi connectivity index (χ2n) is 5.18. The Hall–Kier alpha value is -2.28. The molecular weight excluding hydrogens is 334 g/mol. The number of urea groups is 1. The number of benzene rings is 1. The zero-order valence-corrected chi connectivity index (χ0v) is 14.9. The van der Waals surface area contributed by atoms with E-state index in [4.69, 9.17) is 16.3 Å². The number of nitrogens with one attached hydrogen (secondary N) is 2. The first-order valence-electron chi connectivity index (χ1n) is 7.51. The third kappa shape index (κ3) is 5.42. The number of hydrogen-bond donors (Lipinski definition) is 2. The van der Waals surface area contributed by atoms with Crippen LogP contribution in [-0.4, -0.2) is 49.6 Å². The van der Waals surface area contributed by atoms with E-state index >= 15 is 0 Å². The van der Waals surface area contributed by atoms with E-state index < -0.39 is 12.0 Å². The zero-order chi connectivity index (χ0) is 18.3. The summed E-state index contributed by atoms with van der Waals surface area (Å²) in [6, 6.07) is 3.86. The van der Waals surface area contributed by atoms with Gasteiger partial charge in [0.1, 0.15) is 0 Å². The Labute approximate surface area is 146 Å². The average Bonchev–Trinajstić information content (AvgIpc) is 2.55. The minimum absolute atomic E-state index is 0.154. The summed E-state index contributed by atoms with van der Waals surface area (Å²) in [5.41, 5.74) is 0.587. The lowest BCUT2D eigenvalue weighted by Gasteiger charge is -2.24. The van der Waals surface area contributed by atoms with Gasteiger partial charge >= 0.3 is 12.0 Å². The molecule has 0 radical (unpaired) electrons. The quantitative estimate of drug-likeness (QED) is 0.767. The Balaban J connectivity index is 2.81. The molecule has 1 aromatic carbocycles. The predicted molar refractivity (Wildman–Crippen MR) is 92.3 cm³/mol. The van der Waals surface area contributed by atoms with Gasteiger partial charge in [0.05, 0.1) is 17.2 Å². The number of rotatable bonds is 6. The van der Waals surface area contributed by atoms with Crippen LogP contribution in [0.3, 0.4) is 0 Å². The standard InChI is InChI=1S/C16H22ClN3O4/c1-5-24-15(22)12-9-11(6-7-13(12)17)19-16(23)20(4)10(2)8-14(21)18-3/h6-7,9-10H,5,8H2,1-4H3,(H,18,21)(H,19,23)/t10-/m0/s1. The summed E-state index contributed by atoms with van der Waals surface area (Å²) < 4.78 is 4.92. The normalized spacial score (nSPS) is 11.4. The average molecular weight is 356 g/mol. The molecule has 0 aromatic heterocycles. The van der Waals surface area contributed by atoms with Crippen LogP contribution in [0, 0.1) is 0 Å². The molecule has 0 saturated carbocycles. The van der Waals surface area contributed by atoms with Gasteiger partial charge in [0.25, 0.3) is 0 Å². The highest BCUT2D eigenvalue weighted by Gasteiger charge is 2.19. The van der Waals surface area contributed by atoms with Crippen LogP contribution >= 0.6 is 11.6 Å². The van der Waals surface area contributed by atoms with E-state index in [0.717, 1.165) is 0 Å². The van der Waals surface area contributed by atoms with E-state index in [9.17, 15) is 14.4 Å². The summed E-state index contributed by atoms with van der Waals surface area (Å²) in [5.74, 6) is -0.710. The largest absolute Gasteiger partial charge is 0.462 e. The number of carbonyl (C=O) groups is 3. The third-order valence-corrected chi connectivity index (χ3v) is 3.78. The number of nitrogens with zero attached hydrogens (tertiary/aromatic N) is 1. The lowest BCUT2D eigenvalue weighted by Crippen LogP contribution is -2.40. The Morgan fingerprint density at radius 1 is 1.33 bits per heavy atom. The molecule has 0 aliphatic rings. The highest BCUT2D eigenvalue weighted by molar-refractivity contribution is 6.33. The van der Waals surface area contributed by atoms with Crippen molar-refractivity contribution in [1.82, 2.24) is 10.2 Å². The van der Waals surface area contributed by atoms with Gasteiger partial charge in [0.15, 0.2) is 0 Å². The molecule has 0 bridgehead atoms. The molecule has 0 spiro atoms. The summed E-state index contributed by atoms with van der Waals surface area (Å²) in [6.07, 6.45) is 0.190. The number of anilines is 1. The number of halogens is 1. The van der Waals surface area contributed by atoms with E-state index in [1.54, 1.807) is 34.0 Å². The summed E-state index contributed by atoms with van der Waals surface area (Å²) >= 11 is 5.98. The van der Waals surface area contributed by atoms with Crippen LogP contribution in [0.15, 0.2) is 18.2 Å². The molecule has 1 aromatic rings. The van der Waals surface area contributed by atoms with E-state index in [1.807, 2.05) is 0 Å². The molecule has 0 saturated heterocycles. The van der Waals surface area contributed by atoms with Crippen LogP contribution in [0.1, 0.15) is 30.6 Å². The molecule has 1 rings (SSSR count). The minimum atomic E-state index is -0.556. The number of hydrogen-bond acceptors (Lipinski definition) is 4. The lowest BCUT2D eigenvalue weighted by molar-refractivity contribution is -0.121. The first-order valence-corrected chi connectivity index (χ1v) is 7.89. The SMILES string of the molecule is CCOC(=O)c1cc(NC(=O)N(C)[C@@H](C)CC(=O)NC)ccc1Cl. The molecule has 0 aliphatic carbocycles. The van der Waals surface area contributed by atoms with Gasteiger partial charge in [-0.15, -0.1) is 0 Å². The lowest BCUT2D eigenvalue weighted by atomic mass is 10.2. The second kappa shape index (κ2) is 9.12. The van der Waals surface area contributed by atoms with Crippen molar-refractivity contribution in [2.24, 2.45) is 0 Å². The van der Waals surface area contributed by atoms with Crippen LogP contribution in [0.2, 0.25) is 5.02 Å². The van der Waals surface area contributed by atoms with Crippen molar-refractivity contribution >= 4 is 35.2 Å². The van der Waals surface area contributed by atoms with Gasteiger partial charge in [-0.25, -0.2) is 9.59 Å². The maximum Gasteiger partial charge on any atom is 0.339 e. The summed E-state index contributed by atoms with van der Waals surface area (Å²) in [5, 5.41) is 5.42. The third-order valence-electron chi connectivity index (χ3n) is 3.45. The Morgan fingerprint density at radius 3 is 2.58 bits per heavy atom. The number of carbonyl (C=O) groups excluding carboxylic acids is 3. The molecule has 132 valence electrons. The van der Waals surface area contributed by atoms with E-state index in [2.05, 4.69) is 10.6 Å². The predicted octanol–water partition coefficient (Wildman–Crippen LogP) is 2.51. The topological polar surface area (TPSA) is 87.7 Å². The van der Waals surface area contributed by atoms with Gasteiger partial charge < -0.3 is 20.3 Å². The highest BCUT2D eigenvalue weighted by Crippen LogP contribution is 2.22. The van der Waals surface area contributed by atoms with Gasteiger partial charge in [-0.3, -0.25) is 4.79 Å². The molecule has 0 aliphatic heterocycles. The van der Waals surface area contributed by atoms with Crippen LogP contribution < -0.4 is 10.6 Å². The van der Waals surface area contributed by atoms with Gasteiger partial charge in [0.2, 0.25) is 5.91 Å². The number of amides is 3. The fraction of sp³-hybridized carbons (Fsp3) is 0.438. The van der Waals surface area contributed by atoms with Crippen molar-refractivity contribution in [2.45, 2.75) is 26.3 Å². The van der Waals surface area contributed by atoms with Gasteiger partial charge in [0, 0.05) is 32.2 Å². The maximum atomic E-state index is 12.2. The van der Waals surface area contributed by atoms with Crippen molar-refractivity contribution in [3.8, 4) is 0 Å². The van der Waals surface area contributed by atoms with Gasteiger partial charge in [-0.1, -0.05) is 11.6 Å². The molecule has 24 heavy (non-hydrogen) atoms. The minimum Gasteiger partial charge on any atom is -0.462 e. The molecule has 8 heteroatoms. The first kappa shape index (κ1) is 19.8. The Kier molecular flexibility index (Phi) is 7.51. The van der Waals surface area contributed by atoms with Crippen LogP contribution in [0.4, 0.5) is 10.5 Å². The van der Waals surface area contributed by atoms with Gasteiger partial charge in [-0.05, 0) is 32.0 Å². The van der Waals surface area contributed by atoms with Crippen molar-refractivity contribution in [2.75, 3.05) is 26.0 Å². The molecular formula is C16H22ClN3O4. The first-order chi connectivity index (χ1) is 11.3. The highest BCUT2D eigenvalue weighted by atomic mass is 35.5. The second-order valence-corrected chi connectivity index (χ2v) is 5.59. The monoisotopic (exact) mass is 355 g/mol. The summed E-state index contributed by atoms with van der Waals surface area (Å²) in [4.78, 5) is 36.9. The van der Waals surface area contributed by atoms with Crippen molar-refractivity contribution in [3.05, 3.63) is 28.8 Å². The van der Waals surface area contributed by atoms with Crippen molar-refractivity contribution < 1.29 is 19.1 Å². The molecule has 7 nitrogen and oxygen atoms in total. The van der Waals surface area contributed by atoms with E-state index in [1.165, 1.54) is 17.0 Å². The molecule has 0 heterocycles. The van der Waals surface area contributed by atoms with E-state index in [-0.39, 0.29) is 35.6 Å². The van der Waals surface area contributed by atoms with Gasteiger partial charge in [-0.2, -0.15) is 0 Å². The summed E-state index contributed by atoms with van der Waals surface area (Å²) in [6.45, 7) is 3.69. The number of esters is 1. The zero-order valence-electron chi connectivity index (χ0n) is 14.2. The molecule has 0 unspecified atom stereocenters. The van der Waals surface area contributed by atoms with Crippen LogP contribution in [0.25, 0.3) is 0 Å².